The molecule has 6 heteroatoms. The van der Waals surface area contributed by atoms with Gasteiger partial charge in [0, 0.05) is 24.1 Å². The Kier molecular flexibility index (Phi) is 6.48. The van der Waals surface area contributed by atoms with Gasteiger partial charge in [0.15, 0.2) is 0 Å². The lowest BCUT2D eigenvalue weighted by molar-refractivity contribution is -0.138. The number of halogens is 2. The minimum absolute atomic E-state index is 0.0824. The van der Waals surface area contributed by atoms with Crippen LogP contribution < -0.4 is 0 Å². The van der Waals surface area contributed by atoms with Crippen LogP contribution in [0.3, 0.4) is 0 Å². The van der Waals surface area contributed by atoms with Crippen LogP contribution in [0.2, 0.25) is 5.02 Å². The molecule has 2 rings (SSSR count). The van der Waals surface area contributed by atoms with Crippen LogP contribution in [0.5, 0.6) is 0 Å². The van der Waals surface area contributed by atoms with Crippen molar-refractivity contribution in [2.75, 3.05) is 19.7 Å². The predicted molar refractivity (Wildman–Crippen MR) is 85.7 cm³/mol. The molecular formula is C15H19BrClNO3. The molecule has 0 saturated carbocycles. The third-order valence-electron chi connectivity index (χ3n) is 3.59. The van der Waals surface area contributed by atoms with Crippen molar-refractivity contribution in [2.24, 2.45) is 0 Å². The van der Waals surface area contributed by atoms with Gasteiger partial charge < -0.3 is 9.84 Å². The highest BCUT2D eigenvalue weighted by Gasteiger charge is 2.20. The Labute approximate surface area is 138 Å². The number of likely N-dealkylation sites (tertiary alicyclic amines) is 1. The fraction of sp³-hybridized carbons (Fsp3) is 0.533. The molecule has 0 unspecified atom stereocenters. The molecule has 1 heterocycles. The number of rotatable bonds is 6. The van der Waals surface area contributed by atoms with Gasteiger partial charge in [0.1, 0.15) is 0 Å². The van der Waals surface area contributed by atoms with E-state index in [-0.39, 0.29) is 12.5 Å². The van der Waals surface area contributed by atoms with Crippen LogP contribution in [0, 0.1) is 0 Å². The fourth-order valence-electron chi connectivity index (χ4n) is 2.44. The molecule has 116 valence electrons. The summed E-state index contributed by atoms with van der Waals surface area (Å²) < 4.78 is 6.52. The van der Waals surface area contributed by atoms with E-state index in [1.165, 1.54) is 5.56 Å². The van der Waals surface area contributed by atoms with E-state index in [1.54, 1.807) is 0 Å². The van der Waals surface area contributed by atoms with Gasteiger partial charge in [0.05, 0.1) is 24.2 Å². The average molecular weight is 377 g/mol. The van der Waals surface area contributed by atoms with Gasteiger partial charge in [0.2, 0.25) is 0 Å². The molecule has 1 aliphatic heterocycles. The summed E-state index contributed by atoms with van der Waals surface area (Å²) in [4.78, 5) is 12.8. The van der Waals surface area contributed by atoms with E-state index in [9.17, 15) is 4.79 Å². The molecule has 1 aromatic rings. The third kappa shape index (κ3) is 5.58. The zero-order chi connectivity index (χ0) is 15.2. The smallest absolute Gasteiger partial charge is 0.305 e. The maximum Gasteiger partial charge on any atom is 0.305 e. The minimum Gasteiger partial charge on any atom is -0.481 e. The van der Waals surface area contributed by atoms with Crippen molar-refractivity contribution in [3.8, 4) is 0 Å². The van der Waals surface area contributed by atoms with E-state index in [4.69, 9.17) is 21.4 Å². The summed E-state index contributed by atoms with van der Waals surface area (Å²) >= 11 is 9.44. The van der Waals surface area contributed by atoms with Crippen molar-refractivity contribution < 1.29 is 14.6 Å². The van der Waals surface area contributed by atoms with Gasteiger partial charge in [-0.15, -0.1) is 0 Å². The van der Waals surface area contributed by atoms with Gasteiger partial charge >= 0.3 is 5.97 Å². The number of carbonyl (C=O) groups is 1. The monoisotopic (exact) mass is 375 g/mol. The number of ether oxygens (including phenoxy) is 1. The van der Waals surface area contributed by atoms with E-state index in [0.717, 1.165) is 42.0 Å². The predicted octanol–water partition coefficient (Wildman–Crippen LogP) is 3.56. The molecule has 1 aliphatic rings. The first kappa shape index (κ1) is 16.7. The Bertz CT molecular complexity index is 490. The Balaban J connectivity index is 1.73. The van der Waals surface area contributed by atoms with E-state index in [2.05, 4.69) is 26.9 Å². The van der Waals surface area contributed by atoms with Crippen molar-refractivity contribution >= 4 is 33.5 Å². The lowest BCUT2D eigenvalue weighted by atomic mass is 10.1. The summed E-state index contributed by atoms with van der Waals surface area (Å²) in [5.41, 5.74) is 1.23. The number of nitrogens with zero attached hydrogens (tertiary/aromatic N) is 1. The van der Waals surface area contributed by atoms with Gasteiger partial charge in [-0.05, 0) is 46.5 Å². The van der Waals surface area contributed by atoms with E-state index >= 15 is 0 Å². The summed E-state index contributed by atoms with van der Waals surface area (Å²) in [5, 5.41) is 9.32. The molecule has 4 nitrogen and oxygen atoms in total. The largest absolute Gasteiger partial charge is 0.481 e. The lowest BCUT2D eigenvalue weighted by Gasteiger charge is -2.31. The molecule has 0 amide bonds. The summed E-state index contributed by atoms with van der Waals surface area (Å²) in [7, 11) is 0. The molecule has 1 fully saturated rings. The topological polar surface area (TPSA) is 49.8 Å². The van der Waals surface area contributed by atoms with Crippen LogP contribution in [-0.4, -0.2) is 41.8 Å². The standard InChI is InChI=1S/C15H19BrClNO3/c16-13-9-11(1-2-14(13)17)10-18-6-3-12(4-7-18)21-8-5-15(19)20/h1-2,9,12H,3-8,10H2,(H,19,20). The first-order chi connectivity index (χ1) is 10.0. The molecular weight excluding hydrogens is 358 g/mol. The quantitative estimate of drug-likeness (QED) is 0.825. The normalized spacial score (nSPS) is 17.0. The van der Waals surface area contributed by atoms with E-state index in [1.807, 2.05) is 12.1 Å². The summed E-state index contributed by atoms with van der Waals surface area (Å²) in [6.45, 7) is 3.15. The van der Waals surface area contributed by atoms with E-state index in [0.29, 0.717) is 6.61 Å². The maximum atomic E-state index is 10.4. The van der Waals surface area contributed by atoms with Crippen LogP contribution in [-0.2, 0) is 16.1 Å². The van der Waals surface area contributed by atoms with Gasteiger partial charge in [-0.25, -0.2) is 0 Å². The highest BCUT2D eigenvalue weighted by molar-refractivity contribution is 9.10. The van der Waals surface area contributed by atoms with Crippen LogP contribution >= 0.6 is 27.5 Å². The second-order valence-corrected chi connectivity index (χ2v) is 6.50. The van der Waals surface area contributed by atoms with Gasteiger partial charge in [-0.3, -0.25) is 9.69 Å². The number of carboxylic acid groups (broad SMARTS) is 1. The second kappa shape index (κ2) is 8.13. The molecule has 21 heavy (non-hydrogen) atoms. The van der Waals surface area contributed by atoms with Crippen molar-refractivity contribution in [1.82, 2.24) is 4.90 Å². The molecule has 1 N–H and O–H groups in total. The van der Waals surface area contributed by atoms with Gasteiger partial charge in [-0.2, -0.15) is 0 Å². The third-order valence-corrected chi connectivity index (χ3v) is 4.81. The number of carboxylic acids is 1. The maximum absolute atomic E-state index is 10.4. The summed E-state index contributed by atoms with van der Waals surface area (Å²) in [5.74, 6) is -0.805. The van der Waals surface area contributed by atoms with Crippen molar-refractivity contribution in [3.63, 3.8) is 0 Å². The highest BCUT2D eigenvalue weighted by Crippen LogP contribution is 2.24. The van der Waals surface area contributed by atoms with Gasteiger partial charge in [0.25, 0.3) is 0 Å². The molecule has 0 atom stereocenters. The lowest BCUT2D eigenvalue weighted by Crippen LogP contribution is -2.36. The molecule has 0 bridgehead atoms. The molecule has 0 aliphatic carbocycles. The summed E-state index contributed by atoms with van der Waals surface area (Å²) in [6.07, 6.45) is 2.18. The molecule has 1 saturated heterocycles. The van der Waals surface area contributed by atoms with Crippen LogP contribution in [0.1, 0.15) is 24.8 Å². The zero-order valence-electron chi connectivity index (χ0n) is 11.7. The number of hydrogen-bond donors (Lipinski definition) is 1. The van der Waals surface area contributed by atoms with Crippen molar-refractivity contribution in [3.05, 3.63) is 33.3 Å². The van der Waals surface area contributed by atoms with Crippen molar-refractivity contribution in [2.45, 2.75) is 31.9 Å². The zero-order valence-corrected chi connectivity index (χ0v) is 14.1. The van der Waals surface area contributed by atoms with Crippen LogP contribution in [0.4, 0.5) is 0 Å². The second-order valence-electron chi connectivity index (χ2n) is 5.24. The first-order valence-electron chi connectivity index (χ1n) is 7.04. The first-order valence-corrected chi connectivity index (χ1v) is 8.21. The number of hydrogen-bond acceptors (Lipinski definition) is 3. The minimum atomic E-state index is -0.805. The molecule has 0 aromatic heterocycles. The Morgan fingerprint density at radius 2 is 2.14 bits per heavy atom. The molecule has 1 aromatic carbocycles. The Hall–Kier alpha value is -0.620. The number of benzene rings is 1. The SMILES string of the molecule is O=C(O)CCOC1CCN(Cc2ccc(Cl)c(Br)c2)CC1. The number of piperidine rings is 1. The van der Waals surface area contributed by atoms with Crippen molar-refractivity contribution in [1.29, 1.82) is 0 Å². The fourth-order valence-corrected chi connectivity index (χ4v) is 2.99. The summed E-state index contributed by atoms with van der Waals surface area (Å²) in [6, 6.07) is 6.00. The van der Waals surface area contributed by atoms with Gasteiger partial charge in [-0.1, -0.05) is 17.7 Å². The van der Waals surface area contributed by atoms with Crippen LogP contribution in [0.15, 0.2) is 22.7 Å². The Morgan fingerprint density at radius 1 is 1.43 bits per heavy atom. The highest BCUT2D eigenvalue weighted by atomic mass is 79.9. The number of aliphatic carboxylic acids is 1. The van der Waals surface area contributed by atoms with E-state index < -0.39 is 5.97 Å². The van der Waals surface area contributed by atoms with Crippen LogP contribution in [0.25, 0.3) is 0 Å². The molecule has 0 spiro atoms. The Morgan fingerprint density at radius 3 is 2.76 bits per heavy atom. The molecule has 0 radical (unpaired) electrons. The average Bonchev–Trinajstić information content (AvgIpc) is 2.44.